The smallest absolute Gasteiger partial charge is 0.287 e. The van der Waals surface area contributed by atoms with Gasteiger partial charge in [0.25, 0.3) is 5.56 Å². The van der Waals surface area contributed by atoms with E-state index >= 15 is 0 Å². The highest BCUT2D eigenvalue weighted by molar-refractivity contribution is 6.33. The van der Waals surface area contributed by atoms with Gasteiger partial charge in [-0.2, -0.15) is 5.10 Å². The van der Waals surface area contributed by atoms with Crippen molar-refractivity contribution < 1.29 is 9.47 Å². The summed E-state index contributed by atoms with van der Waals surface area (Å²) in [5, 5.41) is 4.27. The fraction of sp³-hybridized carbons (Fsp3) is 0.455. The lowest BCUT2D eigenvalue weighted by Crippen LogP contribution is -2.48. The number of hydrogen-bond acceptors (Lipinski definition) is 7. The number of anilines is 1. The van der Waals surface area contributed by atoms with Crippen molar-refractivity contribution in [1.29, 1.82) is 0 Å². The van der Waals surface area contributed by atoms with Crippen LogP contribution in [0.5, 0.6) is 0 Å². The number of aromatic nitrogens is 2. The summed E-state index contributed by atoms with van der Waals surface area (Å²) in [7, 11) is 3.52. The molecule has 1 saturated heterocycles. The highest BCUT2D eigenvalue weighted by Gasteiger charge is 2.23. The topological polar surface area (TPSA) is 63.1 Å². The van der Waals surface area contributed by atoms with Gasteiger partial charge in [-0.25, -0.2) is 4.68 Å². The summed E-state index contributed by atoms with van der Waals surface area (Å²) in [5.74, 6) is 1.55. The molecule has 8 nitrogen and oxygen atoms in total. The Kier molecular flexibility index (Phi) is 6.67. The van der Waals surface area contributed by atoms with Gasteiger partial charge < -0.3 is 19.3 Å². The average molecular weight is 446 g/mol. The van der Waals surface area contributed by atoms with Crippen LogP contribution >= 0.6 is 11.6 Å². The van der Waals surface area contributed by atoms with E-state index in [2.05, 4.69) is 33.1 Å². The number of halogens is 1. The number of nitrogens with zero attached hydrogens (tertiary/aromatic N) is 5. The van der Waals surface area contributed by atoms with Gasteiger partial charge in [0.1, 0.15) is 11.3 Å². The summed E-state index contributed by atoms with van der Waals surface area (Å²) in [5.41, 5.74) is 1.54. The van der Waals surface area contributed by atoms with Gasteiger partial charge in [0.15, 0.2) is 12.0 Å². The minimum absolute atomic E-state index is 0.207. The molecule has 0 amide bonds. The van der Waals surface area contributed by atoms with Gasteiger partial charge in [-0.3, -0.25) is 9.69 Å². The first-order valence-electron chi connectivity index (χ1n) is 10.5. The SMILES string of the molecule is CN(CCN1CCN(C2=COC(C3=CC=CCC3)=CO2)CC1)c1cnn(C)c(=O)c1Cl. The Morgan fingerprint density at radius 3 is 2.68 bits per heavy atom. The van der Waals surface area contributed by atoms with Crippen molar-refractivity contribution in [1.82, 2.24) is 19.6 Å². The predicted octanol–water partition coefficient (Wildman–Crippen LogP) is 2.45. The molecular formula is C22H28ClN5O3. The molecule has 1 aliphatic carbocycles. The van der Waals surface area contributed by atoms with E-state index in [1.165, 1.54) is 10.3 Å². The molecule has 9 heteroatoms. The molecule has 3 heterocycles. The molecule has 0 N–H and O–H groups in total. The second-order valence-electron chi connectivity index (χ2n) is 7.86. The highest BCUT2D eigenvalue weighted by Crippen LogP contribution is 2.26. The molecule has 0 radical (unpaired) electrons. The molecule has 1 fully saturated rings. The van der Waals surface area contributed by atoms with Gasteiger partial charge in [0, 0.05) is 53.4 Å². The number of allylic oxidation sites excluding steroid dienone is 4. The van der Waals surface area contributed by atoms with E-state index in [1.807, 2.05) is 11.9 Å². The van der Waals surface area contributed by atoms with Crippen molar-refractivity contribution >= 4 is 17.3 Å². The van der Waals surface area contributed by atoms with Crippen LogP contribution < -0.4 is 10.5 Å². The van der Waals surface area contributed by atoms with Crippen LogP contribution in [0.3, 0.4) is 0 Å². The zero-order valence-corrected chi connectivity index (χ0v) is 18.7. The van der Waals surface area contributed by atoms with Crippen LogP contribution in [0.2, 0.25) is 5.02 Å². The fourth-order valence-corrected chi connectivity index (χ4v) is 4.08. The van der Waals surface area contributed by atoms with Gasteiger partial charge >= 0.3 is 0 Å². The first-order chi connectivity index (χ1) is 15.0. The van der Waals surface area contributed by atoms with E-state index in [4.69, 9.17) is 21.1 Å². The van der Waals surface area contributed by atoms with E-state index in [9.17, 15) is 4.79 Å². The molecule has 2 aliphatic heterocycles. The largest absolute Gasteiger partial charge is 0.456 e. The first kappa shape index (κ1) is 21.5. The highest BCUT2D eigenvalue weighted by atomic mass is 35.5. The molecule has 0 saturated carbocycles. The lowest BCUT2D eigenvalue weighted by atomic mass is 10.0. The maximum absolute atomic E-state index is 12.0. The monoisotopic (exact) mass is 445 g/mol. The Morgan fingerprint density at radius 1 is 1.19 bits per heavy atom. The number of ether oxygens (including phenoxy) is 2. The standard InChI is InChI=1S/C22H28ClN5O3/c1-25(18-14-24-26(2)22(29)21(18)23)8-9-27-10-12-28(13-11-27)20-16-30-19(15-31-20)17-6-4-3-5-7-17/h3-4,6,14-16H,5,7-13H2,1-2H3. The molecule has 3 aliphatic rings. The molecule has 0 unspecified atom stereocenters. The zero-order valence-electron chi connectivity index (χ0n) is 18.0. The minimum atomic E-state index is -0.281. The van der Waals surface area contributed by atoms with E-state index in [1.54, 1.807) is 25.8 Å². The van der Waals surface area contributed by atoms with Crippen LogP contribution in [0.15, 0.2) is 59.0 Å². The number of likely N-dealkylation sites (N-methyl/N-ethyl adjacent to an activating group) is 1. The Balaban J connectivity index is 1.24. The molecule has 0 aromatic carbocycles. The summed E-state index contributed by atoms with van der Waals surface area (Å²) in [6, 6.07) is 0. The number of aryl methyl sites for hydroxylation is 1. The van der Waals surface area contributed by atoms with E-state index < -0.39 is 0 Å². The maximum Gasteiger partial charge on any atom is 0.287 e. The van der Waals surface area contributed by atoms with Crippen molar-refractivity contribution in [3.8, 4) is 0 Å². The molecule has 0 spiro atoms. The minimum Gasteiger partial charge on any atom is -0.456 e. The maximum atomic E-state index is 12.0. The molecule has 31 heavy (non-hydrogen) atoms. The Morgan fingerprint density at radius 2 is 2.00 bits per heavy atom. The number of rotatable bonds is 6. The summed E-state index contributed by atoms with van der Waals surface area (Å²) >= 11 is 6.20. The average Bonchev–Trinajstić information content (AvgIpc) is 2.82. The van der Waals surface area contributed by atoms with Gasteiger partial charge in [-0.1, -0.05) is 29.8 Å². The third-order valence-electron chi connectivity index (χ3n) is 5.81. The van der Waals surface area contributed by atoms with Crippen LogP contribution in [-0.2, 0) is 16.5 Å². The van der Waals surface area contributed by atoms with Gasteiger partial charge in [0.2, 0.25) is 5.88 Å². The van der Waals surface area contributed by atoms with Crippen molar-refractivity contribution in [3.63, 3.8) is 0 Å². The second-order valence-corrected chi connectivity index (χ2v) is 8.23. The van der Waals surface area contributed by atoms with Crippen molar-refractivity contribution in [2.24, 2.45) is 7.05 Å². The van der Waals surface area contributed by atoms with Crippen LogP contribution in [0.1, 0.15) is 12.8 Å². The van der Waals surface area contributed by atoms with Crippen LogP contribution in [0, 0.1) is 0 Å². The molecule has 166 valence electrons. The lowest BCUT2D eigenvalue weighted by Gasteiger charge is -2.37. The van der Waals surface area contributed by atoms with E-state index in [-0.39, 0.29) is 10.6 Å². The number of hydrogen-bond donors (Lipinski definition) is 0. The van der Waals surface area contributed by atoms with Crippen molar-refractivity contribution in [3.05, 3.63) is 69.5 Å². The van der Waals surface area contributed by atoms with Crippen LogP contribution in [-0.4, -0.2) is 65.9 Å². The molecule has 1 aromatic heterocycles. The second kappa shape index (κ2) is 9.62. The molecule has 4 rings (SSSR count). The Labute approximate surface area is 187 Å². The van der Waals surface area contributed by atoms with Crippen molar-refractivity contribution in [2.45, 2.75) is 12.8 Å². The Bertz CT molecular complexity index is 989. The third kappa shape index (κ3) is 4.97. The lowest BCUT2D eigenvalue weighted by molar-refractivity contribution is 0.0857. The van der Waals surface area contributed by atoms with Crippen molar-refractivity contribution in [2.75, 3.05) is 51.2 Å². The molecule has 0 bridgehead atoms. The molecule has 1 aromatic rings. The number of piperazine rings is 1. The summed E-state index contributed by atoms with van der Waals surface area (Å²) < 4.78 is 12.9. The normalized spacial score (nSPS) is 19.2. The quantitative estimate of drug-likeness (QED) is 0.666. The van der Waals surface area contributed by atoms with Gasteiger partial charge in [-0.05, 0) is 18.4 Å². The van der Waals surface area contributed by atoms with Gasteiger partial charge in [0.05, 0.1) is 11.9 Å². The molecule has 0 atom stereocenters. The fourth-order valence-electron chi connectivity index (χ4n) is 3.76. The molecular weight excluding hydrogens is 418 g/mol. The summed E-state index contributed by atoms with van der Waals surface area (Å²) in [4.78, 5) is 18.5. The first-order valence-corrected chi connectivity index (χ1v) is 10.9. The third-order valence-corrected chi connectivity index (χ3v) is 6.17. The summed E-state index contributed by atoms with van der Waals surface area (Å²) in [6.07, 6.45) is 13.3. The van der Waals surface area contributed by atoms with Gasteiger partial charge in [-0.15, -0.1) is 0 Å². The predicted molar refractivity (Wildman–Crippen MR) is 121 cm³/mol. The Hall–Kier alpha value is -2.71. The van der Waals surface area contributed by atoms with Crippen LogP contribution in [0.4, 0.5) is 5.69 Å². The summed E-state index contributed by atoms with van der Waals surface area (Å²) in [6.45, 7) is 5.20. The van der Waals surface area contributed by atoms with Crippen LogP contribution in [0.25, 0.3) is 0 Å². The zero-order chi connectivity index (χ0) is 21.8. The van der Waals surface area contributed by atoms with E-state index in [0.717, 1.165) is 63.8 Å². The van der Waals surface area contributed by atoms with E-state index in [0.29, 0.717) is 5.69 Å².